The predicted octanol–water partition coefficient (Wildman–Crippen LogP) is 3.08. The number of methoxy groups -OCH3 is 2. The number of amides is 2. The topological polar surface area (TPSA) is 76.7 Å². The van der Waals surface area contributed by atoms with Crippen molar-refractivity contribution in [3.8, 4) is 11.5 Å². The Labute approximate surface area is 153 Å². The molecule has 0 saturated carbocycles. The van der Waals surface area contributed by atoms with Crippen LogP contribution in [0.5, 0.6) is 11.5 Å². The van der Waals surface area contributed by atoms with Gasteiger partial charge in [-0.25, -0.2) is 0 Å². The van der Waals surface area contributed by atoms with Gasteiger partial charge in [0, 0.05) is 5.69 Å². The maximum Gasteiger partial charge on any atom is 0.313 e. The van der Waals surface area contributed by atoms with Crippen molar-refractivity contribution in [2.24, 2.45) is 0 Å². The van der Waals surface area contributed by atoms with E-state index in [0.717, 1.165) is 17.5 Å². The van der Waals surface area contributed by atoms with E-state index in [0.29, 0.717) is 17.2 Å². The van der Waals surface area contributed by atoms with Gasteiger partial charge in [0.2, 0.25) is 0 Å². The Balaban J connectivity index is 2.05. The normalized spacial score (nSPS) is 11.4. The average molecular weight is 356 g/mol. The van der Waals surface area contributed by atoms with Crippen molar-refractivity contribution < 1.29 is 19.1 Å². The number of carbonyl (C=O) groups is 2. The van der Waals surface area contributed by atoms with Gasteiger partial charge in [-0.3, -0.25) is 9.59 Å². The van der Waals surface area contributed by atoms with Crippen LogP contribution in [-0.2, 0) is 16.0 Å². The molecule has 0 aliphatic rings. The Morgan fingerprint density at radius 2 is 1.69 bits per heavy atom. The largest absolute Gasteiger partial charge is 0.493 e. The standard InChI is InChI=1S/C20H24N2O4/c1-5-14-8-6-7-9-16(14)22-20(24)19(23)21-13(2)15-10-11-17(25-3)18(12-15)26-4/h6-13H,5H2,1-4H3,(H,21,23)(H,22,24). The first-order valence-corrected chi connectivity index (χ1v) is 8.41. The summed E-state index contributed by atoms with van der Waals surface area (Å²) in [5.41, 5.74) is 2.42. The lowest BCUT2D eigenvalue weighted by molar-refractivity contribution is -0.136. The molecule has 6 nitrogen and oxygen atoms in total. The van der Waals surface area contributed by atoms with Crippen LogP contribution in [0.4, 0.5) is 5.69 Å². The van der Waals surface area contributed by atoms with Crippen LogP contribution in [0.2, 0.25) is 0 Å². The van der Waals surface area contributed by atoms with Crippen LogP contribution in [0.1, 0.15) is 31.0 Å². The Bertz CT molecular complexity index is 789. The predicted molar refractivity (Wildman–Crippen MR) is 101 cm³/mol. The van der Waals surface area contributed by atoms with Crippen molar-refractivity contribution >= 4 is 17.5 Å². The number of hydrogen-bond acceptors (Lipinski definition) is 4. The second-order valence-electron chi connectivity index (χ2n) is 5.77. The van der Waals surface area contributed by atoms with Gasteiger partial charge in [-0.05, 0) is 42.7 Å². The van der Waals surface area contributed by atoms with Crippen molar-refractivity contribution in [1.29, 1.82) is 0 Å². The molecule has 1 unspecified atom stereocenters. The SMILES string of the molecule is CCc1ccccc1NC(=O)C(=O)NC(C)c1ccc(OC)c(OC)c1. The highest BCUT2D eigenvalue weighted by molar-refractivity contribution is 6.39. The number of anilines is 1. The lowest BCUT2D eigenvalue weighted by Gasteiger charge is -2.16. The van der Waals surface area contributed by atoms with Crippen LogP contribution in [0.3, 0.4) is 0 Å². The molecule has 0 heterocycles. The number of hydrogen-bond donors (Lipinski definition) is 2. The molecule has 0 bridgehead atoms. The molecule has 2 rings (SSSR count). The molecular formula is C20H24N2O4. The highest BCUT2D eigenvalue weighted by Crippen LogP contribution is 2.29. The van der Waals surface area contributed by atoms with Gasteiger partial charge in [0.15, 0.2) is 11.5 Å². The first-order chi connectivity index (χ1) is 12.5. The molecule has 6 heteroatoms. The minimum atomic E-state index is -0.696. The van der Waals surface area contributed by atoms with Gasteiger partial charge in [-0.15, -0.1) is 0 Å². The maximum atomic E-state index is 12.2. The van der Waals surface area contributed by atoms with Gasteiger partial charge in [0.25, 0.3) is 0 Å². The molecule has 0 aromatic heterocycles. The molecule has 0 spiro atoms. The second kappa shape index (κ2) is 8.89. The molecule has 2 aromatic rings. The summed E-state index contributed by atoms with van der Waals surface area (Å²) in [6, 6.07) is 12.4. The lowest BCUT2D eigenvalue weighted by Crippen LogP contribution is -2.37. The minimum absolute atomic E-state index is 0.366. The Hall–Kier alpha value is -3.02. The fourth-order valence-corrected chi connectivity index (χ4v) is 2.60. The Kier molecular flexibility index (Phi) is 6.60. The average Bonchev–Trinajstić information content (AvgIpc) is 2.67. The molecule has 1 atom stereocenters. The van der Waals surface area contributed by atoms with Gasteiger partial charge in [-0.1, -0.05) is 31.2 Å². The van der Waals surface area contributed by atoms with E-state index in [2.05, 4.69) is 10.6 Å². The summed E-state index contributed by atoms with van der Waals surface area (Å²) < 4.78 is 10.5. The van der Waals surface area contributed by atoms with E-state index in [1.807, 2.05) is 31.2 Å². The zero-order chi connectivity index (χ0) is 19.1. The van der Waals surface area contributed by atoms with E-state index in [1.54, 1.807) is 39.3 Å². The quantitative estimate of drug-likeness (QED) is 0.780. The van der Waals surface area contributed by atoms with Crippen molar-refractivity contribution in [2.75, 3.05) is 19.5 Å². The summed E-state index contributed by atoms with van der Waals surface area (Å²) in [5.74, 6) is -0.229. The number of ether oxygens (including phenoxy) is 2. The maximum absolute atomic E-state index is 12.2. The Morgan fingerprint density at radius 3 is 2.35 bits per heavy atom. The summed E-state index contributed by atoms with van der Waals surface area (Å²) in [5, 5.41) is 5.36. The van der Waals surface area contributed by atoms with E-state index in [-0.39, 0.29) is 6.04 Å². The van der Waals surface area contributed by atoms with Gasteiger partial charge in [0.05, 0.1) is 20.3 Å². The van der Waals surface area contributed by atoms with Crippen LogP contribution >= 0.6 is 0 Å². The van der Waals surface area contributed by atoms with Crippen molar-refractivity contribution in [1.82, 2.24) is 5.32 Å². The third kappa shape index (κ3) is 4.53. The number of para-hydroxylation sites is 1. The number of rotatable bonds is 6. The molecule has 26 heavy (non-hydrogen) atoms. The summed E-state index contributed by atoms with van der Waals surface area (Å²) in [6.45, 7) is 3.79. The molecule has 2 aromatic carbocycles. The summed E-state index contributed by atoms with van der Waals surface area (Å²) in [6.07, 6.45) is 0.764. The highest BCUT2D eigenvalue weighted by atomic mass is 16.5. The molecule has 2 N–H and O–H groups in total. The van der Waals surface area contributed by atoms with Crippen LogP contribution in [-0.4, -0.2) is 26.0 Å². The van der Waals surface area contributed by atoms with Crippen LogP contribution in [0, 0.1) is 0 Å². The smallest absolute Gasteiger partial charge is 0.313 e. The monoisotopic (exact) mass is 356 g/mol. The molecule has 0 aliphatic heterocycles. The molecule has 0 saturated heterocycles. The molecule has 2 amide bonds. The third-order valence-electron chi connectivity index (χ3n) is 4.11. The molecule has 0 aliphatic carbocycles. The fraction of sp³-hybridized carbons (Fsp3) is 0.300. The first-order valence-electron chi connectivity index (χ1n) is 8.41. The lowest BCUT2D eigenvalue weighted by atomic mass is 10.1. The zero-order valence-corrected chi connectivity index (χ0v) is 15.5. The number of carbonyl (C=O) groups excluding carboxylic acids is 2. The number of benzene rings is 2. The van der Waals surface area contributed by atoms with Crippen LogP contribution in [0.25, 0.3) is 0 Å². The molecule has 0 fully saturated rings. The summed E-state index contributed by atoms with van der Waals surface area (Å²) in [7, 11) is 3.10. The molecular weight excluding hydrogens is 332 g/mol. The number of aryl methyl sites for hydroxylation is 1. The fourth-order valence-electron chi connectivity index (χ4n) is 2.60. The van der Waals surface area contributed by atoms with Crippen LogP contribution in [0.15, 0.2) is 42.5 Å². The summed E-state index contributed by atoms with van der Waals surface area (Å²) in [4.78, 5) is 24.4. The van der Waals surface area contributed by atoms with Crippen LogP contribution < -0.4 is 20.1 Å². The van der Waals surface area contributed by atoms with E-state index < -0.39 is 11.8 Å². The molecule has 0 radical (unpaired) electrons. The third-order valence-corrected chi connectivity index (χ3v) is 4.11. The van der Waals surface area contributed by atoms with Crippen molar-refractivity contribution in [3.63, 3.8) is 0 Å². The van der Waals surface area contributed by atoms with E-state index in [1.165, 1.54) is 0 Å². The summed E-state index contributed by atoms with van der Waals surface area (Å²) >= 11 is 0. The second-order valence-corrected chi connectivity index (χ2v) is 5.77. The van der Waals surface area contributed by atoms with E-state index in [4.69, 9.17) is 9.47 Å². The molecule has 138 valence electrons. The van der Waals surface area contributed by atoms with Gasteiger partial charge < -0.3 is 20.1 Å². The zero-order valence-electron chi connectivity index (χ0n) is 15.5. The van der Waals surface area contributed by atoms with Crippen molar-refractivity contribution in [2.45, 2.75) is 26.3 Å². The van der Waals surface area contributed by atoms with Gasteiger partial charge in [0.1, 0.15) is 0 Å². The van der Waals surface area contributed by atoms with Crippen molar-refractivity contribution in [3.05, 3.63) is 53.6 Å². The van der Waals surface area contributed by atoms with Gasteiger partial charge >= 0.3 is 11.8 Å². The Morgan fingerprint density at radius 1 is 1.00 bits per heavy atom. The van der Waals surface area contributed by atoms with Gasteiger partial charge in [-0.2, -0.15) is 0 Å². The highest BCUT2D eigenvalue weighted by Gasteiger charge is 2.19. The minimum Gasteiger partial charge on any atom is -0.493 e. The number of nitrogens with one attached hydrogen (secondary N) is 2. The first kappa shape index (κ1) is 19.3. The van der Waals surface area contributed by atoms with E-state index in [9.17, 15) is 9.59 Å². The van der Waals surface area contributed by atoms with E-state index >= 15 is 0 Å².